The van der Waals surface area contributed by atoms with E-state index >= 15 is 0 Å². The van der Waals surface area contributed by atoms with E-state index in [1.54, 1.807) is 48.5 Å². The first-order valence-electron chi connectivity index (χ1n) is 9.08. The lowest BCUT2D eigenvalue weighted by atomic mass is 10.1. The predicted octanol–water partition coefficient (Wildman–Crippen LogP) is 4.90. The standard InChI is InChI=1S/C23H22N2O3/c1-3-28-21-10-5-4-9-20(21)23(27)25-19-13-11-18(12-14-19)24-22(26)17-8-6-7-16(2)15-17/h4-15H,3H2,1-2H3,(H,24,26)(H,25,27). The molecule has 5 nitrogen and oxygen atoms in total. The van der Waals surface area contributed by atoms with Crippen molar-refractivity contribution in [1.82, 2.24) is 0 Å². The maximum Gasteiger partial charge on any atom is 0.259 e. The van der Waals surface area contributed by atoms with Gasteiger partial charge in [0, 0.05) is 16.9 Å². The molecular weight excluding hydrogens is 352 g/mol. The Morgan fingerprint density at radius 3 is 2.11 bits per heavy atom. The van der Waals surface area contributed by atoms with Crippen LogP contribution in [-0.2, 0) is 0 Å². The molecule has 2 N–H and O–H groups in total. The van der Waals surface area contributed by atoms with Crippen LogP contribution >= 0.6 is 0 Å². The average molecular weight is 374 g/mol. The molecule has 0 bridgehead atoms. The molecule has 142 valence electrons. The highest BCUT2D eigenvalue weighted by Crippen LogP contribution is 2.21. The van der Waals surface area contributed by atoms with Crippen molar-refractivity contribution < 1.29 is 14.3 Å². The number of anilines is 2. The summed E-state index contributed by atoms with van der Waals surface area (Å²) in [6, 6.07) is 21.5. The lowest BCUT2D eigenvalue weighted by Gasteiger charge is -2.11. The maximum atomic E-state index is 12.5. The summed E-state index contributed by atoms with van der Waals surface area (Å²) < 4.78 is 5.50. The fourth-order valence-corrected chi connectivity index (χ4v) is 2.76. The Kier molecular flexibility index (Phi) is 6.07. The topological polar surface area (TPSA) is 67.4 Å². The molecular formula is C23H22N2O3. The third-order valence-electron chi connectivity index (χ3n) is 4.11. The number of carbonyl (C=O) groups is 2. The van der Waals surface area contributed by atoms with Crippen molar-refractivity contribution in [2.45, 2.75) is 13.8 Å². The molecule has 0 aromatic heterocycles. The number of amides is 2. The third-order valence-corrected chi connectivity index (χ3v) is 4.11. The molecule has 0 atom stereocenters. The van der Waals surface area contributed by atoms with Crippen LogP contribution in [0.5, 0.6) is 5.75 Å². The molecule has 0 saturated carbocycles. The molecule has 2 amide bonds. The summed E-state index contributed by atoms with van der Waals surface area (Å²) in [6.07, 6.45) is 0. The van der Waals surface area contributed by atoms with Crippen LogP contribution in [0.4, 0.5) is 11.4 Å². The molecule has 0 spiro atoms. The van der Waals surface area contributed by atoms with Gasteiger partial charge in [-0.1, -0.05) is 29.8 Å². The molecule has 0 saturated heterocycles. The summed E-state index contributed by atoms with van der Waals surface area (Å²) in [6.45, 7) is 4.30. The lowest BCUT2D eigenvalue weighted by molar-refractivity contribution is 0.101. The van der Waals surface area contributed by atoms with Crippen molar-refractivity contribution in [3.63, 3.8) is 0 Å². The number of aryl methyl sites for hydroxylation is 1. The Bertz CT molecular complexity index is 981. The van der Waals surface area contributed by atoms with Crippen LogP contribution in [0.15, 0.2) is 72.8 Å². The van der Waals surface area contributed by atoms with Gasteiger partial charge in [-0.2, -0.15) is 0 Å². The average Bonchev–Trinajstić information content (AvgIpc) is 2.70. The maximum absolute atomic E-state index is 12.5. The molecule has 28 heavy (non-hydrogen) atoms. The Morgan fingerprint density at radius 2 is 1.46 bits per heavy atom. The van der Waals surface area contributed by atoms with E-state index in [1.165, 1.54) is 0 Å². The molecule has 0 fully saturated rings. The molecule has 0 heterocycles. The van der Waals surface area contributed by atoms with Crippen LogP contribution in [0, 0.1) is 6.92 Å². The molecule has 0 unspecified atom stereocenters. The molecule has 0 aliphatic rings. The van der Waals surface area contributed by atoms with Gasteiger partial charge in [-0.25, -0.2) is 0 Å². The largest absolute Gasteiger partial charge is 0.493 e. The minimum atomic E-state index is -0.249. The third kappa shape index (κ3) is 4.76. The highest BCUT2D eigenvalue weighted by Gasteiger charge is 2.12. The van der Waals surface area contributed by atoms with Crippen molar-refractivity contribution in [3.05, 3.63) is 89.5 Å². The van der Waals surface area contributed by atoms with Gasteiger partial charge < -0.3 is 15.4 Å². The monoisotopic (exact) mass is 374 g/mol. The zero-order valence-electron chi connectivity index (χ0n) is 15.9. The number of benzene rings is 3. The quantitative estimate of drug-likeness (QED) is 0.645. The van der Waals surface area contributed by atoms with Crippen LogP contribution in [0.2, 0.25) is 0 Å². The van der Waals surface area contributed by atoms with Gasteiger partial charge in [0.05, 0.1) is 12.2 Å². The molecule has 3 rings (SSSR count). The number of rotatable bonds is 6. The van der Waals surface area contributed by atoms with Gasteiger partial charge >= 0.3 is 0 Å². The molecule has 5 heteroatoms. The van der Waals surface area contributed by atoms with E-state index in [0.717, 1.165) is 5.56 Å². The summed E-state index contributed by atoms with van der Waals surface area (Å²) in [5.74, 6) is 0.122. The molecule has 3 aromatic rings. The molecule has 0 aliphatic heterocycles. The Morgan fingerprint density at radius 1 is 0.821 bits per heavy atom. The second-order valence-corrected chi connectivity index (χ2v) is 6.28. The van der Waals surface area contributed by atoms with E-state index in [0.29, 0.717) is 34.9 Å². The molecule has 0 radical (unpaired) electrons. The number of hydrogen-bond donors (Lipinski definition) is 2. The van der Waals surface area contributed by atoms with Gasteiger partial charge in [0.1, 0.15) is 5.75 Å². The minimum Gasteiger partial charge on any atom is -0.493 e. The van der Waals surface area contributed by atoms with Crippen molar-refractivity contribution in [2.75, 3.05) is 17.2 Å². The van der Waals surface area contributed by atoms with Crippen molar-refractivity contribution in [3.8, 4) is 5.75 Å². The van der Waals surface area contributed by atoms with Gasteiger partial charge in [0.25, 0.3) is 11.8 Å². The highest BCUT2D eigenvalue weighted by molar-refractivity contribution is 6.07. The first-order valence-corrected chi connectivity index (χ1v) is 9.08. The zero-order chi connectivity index (χ0) is 19.9. The van der Waals surface area contributed by atoms with Crippen molar-refractivity contribution in [1.29, 1.82) is 0 Å². The van der Waals surface area contributed by atoms with Crippen molar-refractivity contribution in [2.24, 2.45) is 0 Å². The number of nitrogens with one attached hydrogen (secondary N) is 2. The summed E-state index contributed by atoms with van der Waals surface area (Å²) >= 11 is 0. The fourth-order valence-electron chi connectivity index (χ4n) is 2.76. The van der Waals surface area contributed by atoms with E-state index in [-0.39, 0.29) is 11.8 Å². The fraction of sp³-hybridized carbons (Fsp3) is 0.130. The van der Waals surface area contributed by atoms with Gasteiger partial charge in [0.15, 0.2) is 0 Å². The second-order valence-electron chi connectivity index (χ2n) is 6.28. The summed E-state index contributed by atoms with van der Waals surface area (Å²) in [5.41, 5.74) is 3.38. The van der Waals surface area contributed by atoms with E-state index in [9.17, 15) is 9.59 Å². The van der Waals surface area contributed by atoms with Gasteiger partial charge in [0.2, 0.25) is 0 Å². The van der Waals surface area contributed by atoms with Crippen LogP contribution < -0.4 is 15.4 Å². The van der Waals surface area contributed by atoms with Gasteiger partial charge in [-0.05, 0) is 62.4 Å². The molecule has 3 aromatic carbocycles. The van der Waals surface area contributed by atoms with E-state index < -0.39 is 0 Å². The SMILES string of the molecule is CCOc1ccccc1C(=O)Nc1ccc(NC(=O)c2cccc(C)c2)cc1. The first kappa shape index (κ1) is 19.2. The second kappa shape index (κ2) is 8.86. The number of hydrogen-bond acceptors (Lipinski definition) is 3. The van der Waals surface area contributed by atoms with Gasteiger partial charge in [-0.3, -0.25) is 9.59 Å². The zero-order valence-corrected chi connectivity index (χ0v) is 15.9. The highest BCUT2D eigenvalue weighted by atomic mass is 16.5. The van der Waals surface area contributed by atoms with Crippen LogP contribution in [-0.4, -0.2) is 18.4 Å². The lowest BCUT2D eigenvalue weighted by Crippen LogP contribution is -2.14. The predicted molar refractivity (Wildman–Crippen MR) is 111 cm³/mol. The number of ether oxygens (including phenoxy) is 1. The van der Waals surface area contributed by atoms with E-state index in [1.807, 2.05) is 38.1 Å². The number of carbonyl (C=O) groups excluding carboxylic acids is 2. The Balaban J connectivity index is 1.66. The van der Waals surface area contributed by atoms with E-state index in [2.05, 4.69) is 10.6 Å². The number of para-hydroxylation sites is 1. The normalized spacial score (nSPS) is 10.2. The van der Waals surface area contributed by atoms with Crippen LogP contribution in [0.3, 0.4) is 0 Å². The summed E-state index contributed by atoms with van der Waals surface area (Å²) in [5, 5.41) is 5.70. The summed E-state index contributed by atoms with van der Waals surface area (Å²) in [7, 11) is 0. The van der Waals surface area contributed by atoms with Crippen LogP contribution in [0.1, 0.15) is 33.2 Å². The Hall–Kier alpha value is -3.60. The first-order chi connectivity index (χ1) is 13.6. The van der Waals surface area contributed by atoms with Crippen molar-refractivity contribution >= 4 is 23.2 Å². The minimum absolute atomic E-state index is 0.175. The molecule has 0 aliphatic carbocycles. The smallest absolute Gasteiger partial charge is 0.259 e. The van der Waals surface area contributed by atoms with Crippen LogP contribution in [0.25, 0.3) is 0 Å². The van der Waals surface area contributed by atoms with Gasteiger partial charge in [-0.15, -0.1) is 0 Å². The van der Waals surface area contributed by atoms with E-state index in [4.69, 9.17) is 4.74 Å². The Labute approximate surface area is 164 Å². The summed E-state index contributed by atoms with van der Waals surface area (Å²) in [4.78, 5) is 24.8.